The Balaban J connectivity index is 2.05. The summed E-state index contributed by atoms with van der Waals surface area (Å²) in [6.07, 6.45) is 2.90. The van der Waals surface area contributed by atoms with E-state index in [0.717, 1.165) is 11.1 Å². The van der Waals surface area contributed by atoms with Crippen LogP contribution in [0.1, 0.15) is 0 Å². The number of aromatic hydroxyl groups is 1. The summed E-state index contributed by atoms with van der Waals surface area (Å²) in [4.78, 5) is 7.73. The third-order valence-corrected chi connectivity index (χ3v) is 3.02. The van der Waals surface area contributed by atoms with Crippen molar-refractivity contribution >= 4 is 11.6 Å². The molecule has 1 N–H and O–H groups in total. The molecule has 94 valence electrons. The van der Waals surface area contributed by atoms with Crippen molar-refractivity contribution in [2.45, 2.75) is 0 Å². The molecule has 0 atom stereocenters. The molecule has 3 rings (SSSR count). The van der Waals surface area contributed by atoms with E-state index in [1.54, 1.807) is 12.3 Å². The van der Waals surface area contributed by atoms with Gasteiger partial charge < -0.3 is 9.52 Å². The van der Waals surface area contributed by atoms with Gasteiger partial charge in [0.15, 0.2) is 0 Å². The Labute approximate surface area is 114 Å². The van der Waals surface area contributed by atoms with Gasteiger partial charge >= 0.3 is 0 Å². The summed E-state index contributed by atoms with van der Waals surface area (Å²) in [6.45, 7) is 0. The molecule has 0 radical (unpaired) electrons. The molecule has 0 bridgehead atoms. The first-order chi connectivity index (χ1) is 9.24. The Bertz CT molecular complexity index is 711. The summed E-state index contributed by atoms with van der Waals surface area (Å²) in [6, 6.07) is 10.6. The van der Waals surface area contributed by atoms with Crippen molar-refractivity contribution < 1.29 is 9.52 Å². The van der Waals surface area contributed by atoms with Crippen LogP contribution in [0.2, 0.25) is 5.02 Å². The van der Waals surface area contributed by atoms with Crippen LogP contribution in [0, 0.1) is 0 Å². The van der Waals surface area contributed by atoms with Gasteiger partial charge in [-0.25, -0.2) is 9.97 Å². The Kier molecular flexibility index (Phi) is 2.93. The van der Waals surface area contributed by atoms with E-state index < -0.39 is 0 Å². The zero-order valence-electron chi connectivity index (χ0n) is 9.75. The van der Waals surface area contributed by atoms with Crippen LogP contribution in [0.15, 0.2) is 53.4 Å². The minimum atomic E-state index is -0.0729. The summed E-state index contributed by atoms with van der Waals surface area (Å²) in [5, 5.41) is 9.91. The number of nitrogens with zero attached hydrogens (tertiary/aromatic N) is 2. The van der Waals surface area contributed by atoms with E-state index in [0.29, 0.717) is 16.5 Å². The molecule has 0 spiro atoms. The molecule has 0 amide bonds. The molecule has 0 saturated carbocycles. The molecule has 4 nitrogen and oxygen atoms in total. The lowest BCUT2D eigenvalue weighted by Gasteiger charge is -2.05. The van der Waals surface area contributed by atoms with Crippen LogP contribution in [0.25, 0.3) is 22.6 Å². The fourth-order valence-electron chi connectivity index (χ4n) is 1.81. The van der Waals surface area contributed by atoms with Crippen LogP contribution in [0.5, 0.6) is 5.88 Å². The Morgan fingerprint density at radius 3 is 2.68 bits per heavy atom. The summed E-state index contributed by atoms with van der Waals surface area (Å²) in [5.41, 5.74) is 2.23. The summed E-state index contributed by atoms with van der Waals surface area (Å²) in [7, 11) is 0. The lowest BCUT2D eigenvalue weighted by Crippen LogP contribution is -1.86. The molecule has 3 aromatic rings. The highest BCUT2D eigenvalue weighted by Gasteiger charge is 2.09. The van der Waals surface area contributed by atoms with Gasteiger partial charge in [0, 0.05) is 17.2 Å². The van der Waals surface area contributed by atoms with Crippen molar-refractivity contribution in [1.29, 1.82) is 0 Å². The van der Waals surface area contributed by atoms with Crippen LogP contribution in [-0.2, 0) is 0 Å². The monoisotopic (exact) mass is 272 g/mol. The molecule has 0 fully saturated rings. The maximum absolute atomic E-state index is 9.35. The first kappa shape index (κ1) is 11.7. The van der Waals surface area contributed by atoms with Gasteiger partial charge in [0.05, 0.1) is 17.0 Å². The molecule has 2 heterocycles. The number of halogens is 1. The quantitative estimate of drug-likeness (QED) is 0.771. The van der Waals surface area contributed by atoms with Gasteiger partial charge in [0.1, 0.15) is 12.1 Å². The number of hydrogen-bond acceptors (Lipinski definition) is 4. The number of rotatable bonds is 2. The minimum Gasteiger partial charge on any atom is -0.493 e. The summed E-state index contributed by atoms with van der Waals surface area (Å²) < 4.78 is 5.32. The largest absolute Gasteiger partial charge is 0.493 e. The lowest BCUT2D eigenvalue weighted by atomic mass is 10.1. The average Bonchev–Trinajstić information content (AvgIpc) is 2.92. The Morgan fingerprint density at radius 2 is 2.00 bits per heavy atom. The highest BCUT2D eigenvalue weighted by molar-refractivity contribution is 6.33. The van der Waals surface area contributed by atoms with Gasteiger partial charge in [0.25, 0.3) is 0 Å². The van der Waals surface area contributed by atoms with Crippen molar-refractivity contribution in [2.75, 3.05) is 0 Å². The van der Waals surface area contributed by atoms with Crippen LogP contribution in [-0.4, -0.2) is 15.1 Å². The second kappa shape index (κ2) is 4.74. The van der Waals surface area contributed by atoms with Crippen molar-refractivity contribution in [3.05, 3.63) is 54.0 Å². The van der Waals surface area contributed by atoms with Crippen molar-refractivity contribution in [3.63, 3.8) is 0 Å². The van der Waals surface area contributed by atoms with Crippen LogP contribution in [0.3, 0.4) is 0 Å². The van der Waals surface area contributed by atoms with Gasteiger partial charge in [-0.05, 0) is 24.3 Å². The van der Waals surface area contributed by atoms with Crippen LogP contribution in [0.4, 0.5) is 0 Å². The highest BCUT2D eigenvalue weighted by atomic mass is 35.5. The maximum atomic E-state index is 9.35. The van der Waals surface area contributed by atoms with Gasteiger partial charge in [0.2, 0.25) is 5.88 Å². The van der Waals surface area contributed by atoms with E-state index in [1.807, 2.05) is 24.3 Å². The van der Waals surface area contributed by atoms with Crippen LogP contribution < -0.4 is 0 Å². The zero-order valence-corrected chi connectivity index (χ0v) is 10.5. The molecule has 0 saturated heterocycles. The molecule has 0 aliphatic carbocycles. The number of benzene rings is 1. The van der Waals surface area contributed by atoms with Crippen molar-refractivity contribution in [2.24, 2.45) is 0 Å². The fourth-order valence-corrected chi connectivity index (χ4v) is 2.08. The first-order valence-electron chi connectivity index (χ1n) is 5.59. The van der Waals surface area contributed by atoms with Gasteiger partial charge in [-0.2, -0.15) is 0 Å². The van der Waals surface area contributed by atoms with E-state index in [1.165, 1.54) is 12.4 Å². The molecule has 5 heteroatoms. The average molecular weight is 273 g/mol. The lowest BCUT2D eigenvalue weighted by molar-refractivity contribution is 0.452. The SMILES string of the molecule is Oc1cc(-c2ccc(-c3ccco3)c(Cl)c2)ncn1. The summed E-state index contributed by atoms with van der Waals surface area (Å²) in [5.74, 6) is 0.637. The standard InChI is InChI=1S/C14H9ClN2O2/c15-11-6-9(12-7-14(18)17-8-16-12)3-4-10(11)13-2-1-5-19-13/h1-8H,(H,16,17,18). The predicted octanol–water partition coefficient (Wildman–Crippen LogP) is 3.76. The number of furan rings is 1. The minimum absolute atomic E-state index is 0.0729. The molecular formula is C14H9ClN2O2. The first-order valence-corrected chi connectivity index (χ1v) is 5.96. The van der Waals surface area contributed by atoms with Gasteiger partial charge in [-0.3, -0.25) is 0 Å². The summed E-state index contributed by atoms with van der Waals surface area (Å²) >= 11 is 6.24. The van der Waals surface area contributed by atoms with E-state index >= 15 is 0 Å². The number of aromatic nitrogens is 2. The second-order valence-corrected chi connectivity index (χ2v) is 4.34. The molecular weight excluding hydrogens is 264 g/mol. The molecule has 19 heavy (non-hydrogen) atoms. The number of hydrogen-bond donors (Lipinski definition) is 1. The molecule has 2 aromatic heterocycles. The molecule has 0 unspecified atom stereocenters. The zero-order chi connectivity index (χ0) is 13.2. The molecule has 0 aliphatic heterocycles. The topological polar surface area (TPSA) is 59.2 Å². The van der Waals surface area contributed by atoms with E-state index in [2.05, 4.69) is 9.97 Å². The predicted molar refractivity (Wildman–Crippen MR) is 71.8 cm³/mol. The van der Waals surface area contributed by atoms with Crippen molar-refractivity contribution in [1.82, 2.24) is 9.97 Å². The Hall–Kier alpha value is -2.33. The Morgan fingerprint density at radius 1 is 1.11 bits per heavy atom. The van der Waals surface area contributed by atoms with Gasteiger partial charge in [-0.1, -0.05) is 17.7 Å². The van der Waals surface area contributed by atoms with Crippen molar-refractivity contribution in [3.8, 4) is 28.5 Å². The van der Waals surface area contributed by atoms with E-state index in [9.17, 15) is 5.11 Å². The third kappa shape index (κ3) is 2.30. The second-order valence-electron chi connectivity index (χ2n) is 3.93. The molecule has 1 aromatic carbocycles. The highest BCUT2D eigenvalue weighted by Crippen LogP contribution is 2.32. The maximum Gasteiger partial charge on any atom is 0.214 e. The smallest absolute Gasteiger partial charge is 0.214 e. The van der Waals surface area contributed by atoms with E-state index in [4.69, 9.17) is 16.0 Å². The third-order valence-electron chi connectivity index (χ3n) is 2.70. The fraction of sp³-hybridized carbons (Fsp3) is 0. The van der Waals surface area contributed by atoms with E-state index in [-0.39, 0.29) is 5.88 Å². The normalized spacial score (nSPS) is 10.6. The van der Waals surface area contributed by atoms with Crippen LogP contribution >= 0.6 is 11.6 Å². The molecule has 0 aliphatic rings. The van der Waals surface area contributed by atoms with Gasteiger partial charge in [-0.15, -0.1) is 0 Å².